The Morgan fingerprint density at radius 2 is 2.21 bits per heavy atom. The zero-order chi connectivity index (χ0) is 14.1. The summed E-state index contributed by atoms with van der Waals surface area (Å²) in [6.07, 6.45) is 0.347. The van der Waals surface area contributed by atoms with Crippen molar-refractivity contribution in [2.45, 2.75) is 26.0 Å². The summed E-state index contributed by atoms with van der Waals surface area (Å²) in [4.78, 5) is 4.84. The maximum absolute atomic E-state index is 5.85. The molecule has 5 nitrogen and oxygen atoms in total. The van der Waals surface area contributed by atoms with E-state index in [4.69, 9.17) is 9.47 Å². The van der Waals surface area contributed by atoms with Gasteiger partial charge in [0.25, 0.3) is 0 Å². The Bertz CT molecular complexity index is 227. The first-order chi connectivity index (χ1) is 9.13. The molecule has 19 heavy (non-hydrogen) atoms. The average Bonchev–Trinajstić information content (AvgIpc) is 2.38. The van der Waals surface area contributed by atoms with E-state index in [1.54, 1.807) is 7.11 Å². The smallest absolute Gasteiger partial charge is 0.0829 e. The fraction of sp³-hybridized carbons (Fsp3) is 1.00. The van der Waals surface area contributed by atoms with Gasteiger partial charge >= 0.3 is 0 Å². The maximum atomic E-state index is 5.85. The Kier molecular flexibility index (Phi) is 8.57. The monoisotopic (exact) mass is 273 g/mol. The predicted octanol–water partition coefficient (Wildman–Crippen LogP) is 0.263. The molecule has 0 aromatic heterocycles. The molecule has 1 atom stereocenters. The average molecular weight is 273 g/mol. The molecule has 1 heterocycles. The zero-order valence-electron chi connectivity index (χ0n) is 13.0. The van der Waals surface area contributed by atoms with Gasteiger partial charge in [0, 0.05) is 52.4 Å². The van der Waals surface area contributed by atoms with Crippen LogP contribution in [0.4, 0.5) is 0 Å². The van der Waals surface area contributed by atoms with Crippen LogP contribution in [0.1, 0.15) is 13.8 Å². The van der Waals surface area contributed by atoms with Crippen LogP contribution >= 0.6 is 0 Å². The number of morpholine rings is 1. The van der Waals surface area contributed by atoms with Crippen LogP contribution in [0.5, 0.6) is 0 Å². The highest BCUT2D eigenvalue weighted by Gasteiger charge is 2.22. The Morgan fingerprint density at radius 3 is 2.89 bits per heavy atom. The third-order valence-electron chi connectivity index (χ3n) is 3.57. The van der Waals surface area contributed by atoms with Crippen molar-refractivity contribution in [3.63, 3.8) is 0 Å². The second-order valence-corrected chi connectivity index (χ2v) is 5.59. The molecule has 114 valence electrons. The molecule has 0 saturated carbocycles. The first-order valence-electron chi connectivity index (χ1n) is 7.37. The molecule has 5 heteroatoms. The van der Waals surface area contributed by atoms with E-state index in [0.717, 1.165) is 52.5 Å². The minimum Gasteiger partial charge on any atom is -0.383 e. The summed E-state index contributed by atoms with van der Waals surface area (Å²) < 4.78 is 10.9. The molecule has 1 aliphatic rings. The van der Waals surface area contributed by atoms with Crippen molar-refractivity contribution in [3.8, 4) is 0 Å². The van der Waals surface area contributed by atoms with Gasteiger partial charge < -0.3 is 19.7 Å². The van der Waals surface area contributed by atoms with Crippen molar-refractivity contribution in [2.24, 2.45) is 0 Å². The van der Waals surface area contributed by atoms with Crippen molar-refractivity contribution in [1.82, 2.24) is 15.1 Å². The highest BCUT2D eigenvalue weighted by Crippen LogP contribution is 2.09. The van der Waals surface area contributed by atoms with Crippen molar-refractivity contribution < 1.29 is 9.47 Å². The Labute approximate surface area is 118 Å². The van der Waals surface area contributed by atoms with Crippen LogP contribution in [0.3, 0.4) is 0 Å². The number of hydrogen-bond acceptors (Lipinski definition) is 5. The summed E-state index contributed by atoms with van der Waals surface area (Å²) in [6.45, 7) is 12.3. The lowest BCUT2D eigenvalue weighted by Gasteiger charge is -2.37. The highest BCUT2D eigenvalue weighted by atomic mass is 16.5. The summed E-state index contributed by atoms with van der Waals surface area (Å²) in [6, 6.07) is 0.618. The van der Waals surface area contributed by atoms with Crippen LogP contribution in [0.15, 0.2) is 0 Å². The lowest BCUT2D eigenvalue weighted by molar-refractivity contribution is -0.0493. The van der Waals surface area contributed by atoms with Crippen LogP contribution in [0.25, 0.3) is 0 Å². The van der Waals surface area contributed by atoms with Crippen molar-refractivity contribution in [2.75, 3.05) is 66.6 Å². The number of hydrogen-bond donors (Lipinski definition) is 1. The molecular weight excluding hydrogens is 242 g/mol. The van der Waals surface area contributed by atoms with Gasteiger partial charge in [0.05, 0.1) is 19.3 Å². The fourth-order valence-corrected chi connectivity index (χ4v) is 2.33. The van der Waals surface area contributed by atoms with E-state index in [1.807, 2.05) is 0 Å². The minimum absolute atomic E-state index is 0.347. The molecule has 0 spiro atoms. The molecule has 0 bridgehead atoms. The second-order valence-electron chi connectivity index (χ2n) is 5.59. The van der Waals surface area contributed by atoms with Crippen LogP contribution in [-0.2, 0) is 9.47 Å². The third kappa shape index (κ3) is 7.22. The quantitative estimate of drug-likeness (QED) is 0.610. The van der Waals surface area contributed by atoms with E-state index in [0.29, 0.717) is 12.1 Å². The van der Waals surface area contributed by atoms with Crippen LogP contribution in [-0.4, -0.2) is 88.6 Å². The normalized spacial score (nSPS) is 21.5. The molecule has 0 aromatic carbocycles. The van der Waals surface area contributed by atoms with Gasteiger partial charge in [0.15, 0.2) is 0 Å². The first-order valence-corrected chi connectivity index (χ1v) is 7.37. The molecule has 0 amide bonds. The van der Waals surface area contributed by atoms with E-state index in [1.165, 1.54) is 0 Å². The summed E-state index contributed by atoms with van der Waals surface area (Å²) in [5.74, 6) is 0. The van der Waals surface area contributed by atoms with Gasteiger partial charge in [-0.15, -0.1) is 0 Å². The fourth-order valence-electron chi connectivity index (χ4n) is 2.33. The van der Waals surface area contributed by atoms with Crippen LogP contribution < -0.4 is 5.32 Å². The number of methoxy groups -OCH3 is 1. The van der Waals surface area contributed by atoms with Gasteiger partial charge in [0.1, 0.15) is 0 Å². The molecule has 1 unspecified atom stereocenters. The molecule has 1 saturated heterocycles. The maximum Gasteiger partial charge on any atom is 0.0829 e. The topological polar surface area (TPSA) is 37.0 Å². The lowest BCUT2D eigenvalue weighted by Crippen LogP contribution is -2.49. The standard InChI is InChI=1S/C14H31N3O2/c1-13(2)17-8-10-19-14(12-17)11-16(3)7-5-15-6-9-18-4/h13-15H,5-12H2,1-4H3. The van der Waals surface area contributed by atoms with Gasteiger partial charge in [-0.1, -0.05) is 0 Å². The largest absolute Gasteiger partial charge is 0.383 e. The Hall–Kier alpha value is -0.200. The van der Waals surface area contributed by atoms with E-state index >= 15 is 0 Å². The zero-order valence-corrected chi connectivity index (χ0v) is 13.0. The first kappa shape index (κ1) is 16.9. The summed E-state index contributed by atoms with van der Waals surface area (Å²) >= 11 is 0. The third-order valence-corrected chi connectivity index (χ3v) is 3.57. The Balaban J connectivity index is 2.12. The number of nitrogens with zero attached hydrogens (tertiary/aromatic N) is 2. The molecule has 1 N–H and O–H groups in total. The highest BCUT2D eigenvalue weighted by molar-refractivity contribution is 4.76. The molecule has 0 radical (unpaired) electrons. The predicted molar refractivity (Wildman–Crippen MR) is 78.7 cm³/mol. The number of likely N-dealkylation sites (N-methyl/N-ethyl adjacent to an activating group) is 1. The van der Waals surface area contributed by atoms with Crippen molar-refractivity contribution in [3.05, 3.63) is 0 Å². The van der Waals surface area contributed by atoms with E-state index in [9.17, 15) is 0 Å². The number of nitrogens with one attached hydrogen (secondary N) is 1. The SMILES string of the molecule is COCCNCCN(C)CC1CN(C(C)C)CCO1. The van der Waals surface area contributed by atoms with Gasteiger partial charge in [-0.25, -0.2) is 0 Å². The molecule has 0 aliphatic carbocycles. The summed E-state index contributed by atoms with van der Waals surface area (Å²) in [5, 5.41) is 3.36. The number of rotatable bonds is 9. The molecular formula is C14H31N3O2. The molecule has 1 fully saturated rings. The van der Waals surface area contributed by atoms with Crippen LogP contribution in [0.2, 0.25) is 0 Å². The lowest BCUT2D eigenvalue weighted by atomic mass is 10.2. The van der Waals surface area contributed by atoms with Gasteiger partial charge in [-0.2, -0.15) is 0 Å². The van der Waals surface area contributed by atoms with E-state index in [-0.39, 0.29) is 0 Å². The van der Waals surface area contributed by atoms with Gasteiger partial charge in [-0.3, -0.25) is 4.90 Å². The summed E-state index contributed by atoms with van der Waals surface area (Å²) in [7, 11) is 3.89. The van der Waals surface area contributed by atoms with Crippen LogP contribution in [0, 0.1) is 0 Å². The molecule has 1 rings (SSSR count). The van der Waals surface area contributed by atoms with Crippen molar-refractivity contribution >= 4 is 0 Å². The van der Waals surface area contributed by atoms with Crippen molar-refractivity contribution in [1.29, 1.82) is 0 Å². The minimum atomic E-state index is 0.347. The van der Waals surface area contributed by atoms with Gasteiger partial charge in [0.2, 0.25) is 0 Å². The van der Waals surface area contributed by atoms with E-state index < -0.39 is 0 Å². The molecule has 1 aliphatic heterocycles. The van der Waals surface area contributed by atoms with Gasteiger partial charge in [-0.05, 0) is 20.9 Å². The summed E-state index contributed by atoms with van der Waals surface area (Å²) in [5.41, 5.74) is 0. The Morgan fingerprint density at radius 1 is 1.42 bits per heavy atom. The number of ether oxygens (including phenoxy) is 2. The van der Waals surface area contributed by atoms with E-state index in [2.05, 4.69) is 36.0 Å². The molecule has 0 aromatic rings. The second kappa shape index (κ2) is 9.66.